The van der Waals surface area contributed by atoms with Gasteiger partial charge in [-0.2, -0.15) is 0 Å². The molecular formula is C62H56ClLiN8O12S4. The summed E-state index contributed by atoms with van der Waals surface area (Å²) in [5, 5.41) is 36.4. The summed E-state index contributed by atoms with van der Waals surface area (Å²) in [6, 6.07) is 29.8. The van der Waals surface area contributed by atoms with Crippen molar-refractivity contribution in [3.8, 4) is 0 Å². The zero-order valence-electron chi connectivity index (χ0n) is 48.0. The molecule has 26 heteroatoms. The average molecular weight is 1280 g/mol. The number of nitrogens with zero attached hydrogens (tertiary/aromatic N) is 4. The fraction of sp³-hybridized carbons (Fsp3) is 0.177. The first-order chi connectivity index (χ1) is 41.6. The molecule has 0 radical (unpaired) electrons. The molecule has 0 saturated heterocycles. The van der Waals surface area contributed by atoms with Gasteiger partial charge >= 0.3 is 42.9 Å². The molecule has 0 aliphatic carbocycles. The zero-order valence-corrected chi connectivity index (χ0v) is 52.1. The number of nitrogens with two attached hydrogens (primary N) is 1. The molecule has 0 unspecified atom stereocenters. The van der Waals surface area contributed by atoms with Gasteiger partial charge in [-0.1, -0.05) is 99.3 Å². The molecule has 10 aromatic rings. The number of carbonyl (C=O) groups is 7. The molecule has 0 bridgehead atoms. The summed E-state index contributed by atoms with van der Waals surface area (Å²) < 4.78 is 14.1. The van der Waals surface area contributed by atoms with E-state index < -0.39 is 48.0 Å². The number of carboxylic acids is 3. The quantitative estimate of drug-likeness (QED) is 0.0350. The normalized spacial score (nSPS) is 11.3. The summed E-state index contributed by atoms with van der Waals surface area (Å²) in [4.78, 5) is 100. The van der Waals surface area contributed by atoms with Crippen molar-refractivity contribution in [3.63, 3.8) is 0 Å². The molecule has 88 heavy (non-hydrogen) atoms. The predicted octanol–water partition coefficient (Wildman–Crippen LogP) is 8.00. The molecule has 0 spiro atoms. The summed E-state index contributed by atoms with van der Waals surface area (Å²) in [6.07, 6.45) is 5.81. The van der Waals surface area contributed by atoms with E-state index in [1.54, 1.807) is 42.9 Å². The van der Waals surface area contributed by atoms with Crippen LogP contribution in [0.5, 0.6) is 0 Å². The molecule has 8 heterocycles. The van der Waals surface area contributed by atoms with Crippen LogP contribution in [0.25, 0.3) is 52.0 Å². The van der Waals surface area contributed by atoms with E-state index in [1.165, 1.54) is 46.3 Å². The van der Waals surface area contributed by atoms with Crippen molar-refractivity contribution in [3.05, 3.63) is 199 Å². The Morgan fingerprint density at radius 3 is 1.52 bits per heavy atom. The van der Waals surface area contributed by atoms with Crippen LogP contribution in [0.1, 0.15) is 100 Å². The number of pyridine rings is 4. The maximum absolute atomic E-state index is 13.0. The number of allylic oxidation sites excluding steroid dienone is 2. The molecule has 2 atom stereocenters. The predicted molar refractivity (Wildman–Crippen MR) is 338 cm³/mol. The summed E-state index contributed by atoms with van der Waals surface area (Å²) >= 11 is 10.8. The second-order valence-electron chi connectivity index (χ2n) is 19.2. The van der Waals surface area contributed by atoms with Gasteiger partial charge in [0.05, 0.1) is 66.5 Å². The largest absolute Gasteiger partial charge is 1.00 e. The Balaban J connectivity index is 0.000000206. The number of hydrogen-bond donors (Lipinski definition) is 6. The maximum atomic E-state index is 13.0. The molecule has 7 N–H and O–H groups in total. The Morgan fingerprint density at radius 1 is 0.602 bits per heavy atom. The number of carboxylic acid groups (broad SMARTS) is 3. The molecular weight excluding hydrogens is 1220 g/mol. The van der Waals surface area contributed by atoms with E-state index in [0.29, 0.717) is 41.3 Å². The van der Waals surface area contributed by atoms with Crippen LogP contribution in [0, 0.1) is 0 Å². The van der Waals surface area contributed by atoms with Gasteiger partial charge < -0.3 is 51.3 Å². The van der Waals surface area contributed by atoms with Crippen LogP contribution >= 0.6 is 56.9 Å². The number of benzene rings is 2. The Labute approximate surface area is 537 Å². The number of aromatic carboxylic acids is 2. The summed E-state index contributed by atoms with van der Waals surface area (Å²) in [7, 11) is 0. The van der Waals surface area contributed by atoms with Crippen molar-refractivity contribution in [1.82, 2.24) is 35.9 Å². The summed E-state index contributed by atoms with van der Waals surface area (Å²) in [6.45, 7) is 15.6. The van der Waals surface area contributed by atoms with Crippen LogP contribution in [-0.2, 0) is 32.3 Å². The van der Waals surface area contributed by atoms with Gasteiger partial charge in [-0.15, -0.1) is 45.3 Å². The van der Waals surface area contributed by atoms with Crippen LogP contribution in [0.15, 0.2) is 147 Å². The van der Waals surface area contributed by atoms with Gasteiger partial charge in [-0.25, -0.2) is 14.4 Å². The van der Waals surface area contributed by atoms with Crippen molar-refractivity contribution in [1.29, 1.82) is 0 Å². The first kappa shape index (κ1) is 68.4. The molecule has 0 aliphatic heterocycles. The topological polar surface area (TPSA) is 315 Å². The van der Waals surface area contributed by atoms with E-state index in [9.17, 15) is 38.7 Å². The number of hydrogen-bond acceptors (Lipinski definition) is 19. The molecule has 8 aromatic heterocycles. The number of thiophene rings is 4. The minimum absolute atomic E-state index is 0. The third-order valence-electron chi connectivity index (χ3n) is 12.3. The average Bonchev–Trinajstić information content (AvgIpc) is 4.48. The maximum Gasteiger partial charge on any atom is 1.00 e. The molecule has 3 amide bonds. The first-order valence-corrected chi connectivity index (χ1v) is 29.9. The van der Waals surface area contributed by atoms with Crippen LogP contribution in [-0.4, -0.2) is 97.1 Å². The number of halogens is 1. The second-order valence-corrected chi connectivity index (χ2v) is 23.9. The van der Waals surface area contributed by atoms with Gasteiger partial charge in [0.1, 0.15) is 30.2 Å². The molecule has 2 aromatic carbocycles. The number of carbonyl (C=O) groups excluding carboxylic acids is 5. The van der Waals surface area contributed by atoms with Gasteiger partial charge in [0, 0.05) is 37.9 Å². The fourth-order valence-corrected chi connectivity index (χ4v) is 12.4. The Hall–Kier alpha value is -8.70. The van der Waals surface area contributed by atoms with Crippen LogP contribution in [0.3, 0.4) is 0 Å². The van der Waals surface area contributed by atoms with Crippen LogP contribution in [0.4, 0.5) is 4.79 Å². The standard InChI is InChI=1S/C29H27N3O5S.C14H17N3O3S.C11H9NO2S.C8H4ClNO2S.Li/c1-19(2)22-13-14-30-23-15-25(38-26(22)23)27(33)31-16-24(28(34)36-17-20-9-5-3-6-10-20)32-29(35)37-18-21-11-7-4-8-12-21;1-7(2)8-3-4-16-10-5-11(21-12(8)10)13(18)17-6-9(15)14(19)20;1-6(2)7-3-4-12-8-5-9(11(13)14)15-10(7)8;9-4-1-2-10-5-3-6(8(11)12)13-7(4)5;/h3-15,24H,1,16-18H2,2H3,(H,31,33)(H,32,35);3-5,7,9H,6,15H2,1-2H3,(H,17,18)(H,19,20);3-5H,1H2,2H3,(H,13,14);1-3H,(H,11,12);/q;;;;+1/p-1/t24-;9-;;;/m11.../s1. The minimum Gasteiger partial charge on any atom is -0.544 e. The zero-order chi connectivity index (χ0) is 62.9. The Bertz CT molecular complexity index is 4180. The van der Waals surface area contributed by atoms with Crippen molar-refractivity contribution >= 4 is 151 Å². The number of alkyl carbamates (subject to hydrolysis) is 1. The molecule has 0 fully saturated rings. The van der Waals surface area contributed by atoms with E-state index in [-0.39, 0.29) is 55.9 Å². The smallest absolute Gasteiger partial charge is 0.544 e. The summed E-state index contributed by atoms with van der Waals surface area (Å²) in [5.74, 6) is -4.34. The van der Waals surface area contributed by atoms with Gasteiger partial charge in [-0.05, 0) is 107 Å². The van der Waals surface area contributed by atoms with Crippen molar-refractivity contribution < 1.29 is 77.2 Å². The van der Waals surface area contributed by atoms with E-state index in [0.717, 1.165) is 75.4 Å². The van der Waals surface area contributed by atoms with Crippen LogP contribution < -0.4 is 45.7 Å². The fourth-order valence-electron chi connectivity index (χ4n) is 7.89. The SMILES string of the molecule is C=C(C)c1ccnc2cc(C(=O)NC[C@@H](NC(=O)OCc3ccccc3)C(=O)OCc3ccccc3)sc12.C=C(C)c1ccnc2cc(C(=O)O)sc12.CC(C)c1ccnc2cc(C(=O)NC[C@@H](N)C(=O)O)sc12.O=C([O-])c1cc2nccc(Cl)c2s1.[Li+]. The van der Waals surface area contributed by atoms with Crippen molar-refractivity contribution in [2.24, 2.45) is 5.73 Å². The Morgan fingerprint density at radius 2 is 1.03 bits per heavy atom. The number of aromatic nitrogens is 4. The van der Waals surface area contributed by atoms with Crippen molar-refractivity contribution in [2.75, 3.05) is 13.1 Å². The first-order valence-electron chi connectivity index (χ1n) is 26.3. The van der Waals surface area contributed by atoms with E-state index in [4.69, 9.17) is 37.0 Å². The van der Waals surface area contributed by atoms with Gasteiger partial charge in [0.15, 0.2) is 0 Å². The number of ether oxygens (including phenoxy) is 2. The van der Waals surface area contributed by atoms with E-state index in [2.05, 4.69) is 62.9 Å². The number of nitrogens with one attached hydrogen (secondary N) is 3. The van der Waals surface area contributed by atoms with Crippen LogP contribution in [0.2, 0.25) is 5.02 Å². The minimum atomic E-state index is -1.20. The number of aliphatic carboxylic acids is 1. The van der Waals surface area contributed by atoms with Crippen molar-refractivity contribution in [2.45, 2.75) is 58.9 Å². The monoisotopic (exact) mass is 1270 g/mol. The number of fused-ring (bicyclic) bond motifs is 4. The Kier molecular flexibility index (Phi) is 25.1. The molecule has 20 nitrogen and oxygen atoms in total. The van der Waals surface area contributed by atoms with Gasteiger partial charge in [0.2, 0.25) is 0 Å². The molecule has 0 aliphatic rings. The molecule has 10 rings (SSSR count). The van der Waals surface area contributed by atoms with E-state index in [1.807, 2.05) is 92.7 Å². The third kappa shape index (κ3) is 18.7. The number of rotatable bonds is 18. The number of esters is 1. The van der Waals surface area contributed by atoms with Gasteiger partial charge in [-0.3, -0.25) is 34.3 Å². The molecule has 448 valence electrons. The van der Waals surface area contributed by atoms with Gasteiger partial charge in [0.25, 0.3) is 11.8 Å². The molecule has 0 saturated carbocycles. The number of amides is 3. The van der Waals surface area contributed by atoms with E-state index >= 15 is 0 Å². The summed E-state index contributed by atoms with van der Waals surface area (Å²) in [5.41, 5.74) is 14.5. The third-order valence-corrected chi connectivity index (χ3v) is 17.3. The second kappa shape index (κ2) is 32.3.